The zero-order chi connectivity index (χ0) is 20.6. The first kappa shape index (κ1) is 19.4. The molecule has 0 spiro atoms. The smallest absolute Gasteiger partial charge is 0.309 e. The molecule has 0 bridgehead atoms. The van der Waals surface area contributed by atoms with E-state index in [0.29, 0.717) is 29.2 Å². The van der Waals surface area contributed by atoms with E-state index in [9.17, 15) is 22.4 Å². The van der Waals surface area contributed by atoms with Crippen molar-refractivity contribution < 1.29 is 22.4 Å². The highest BCUT2D eigenvalue weighted by molar-refractivity contribution is 5.94. The average molecular weight is 405 g/mol. The topological polar surface area (TPSA) is 46.4 Å². The predicted octanol–water partition coefficient (Wildman–Crippen LogP) is 5.68. The van der Waals surface area contributed by atoms with E-state index in [1.807, 2.05) is 0 Å². The van der Waals surface area contributed by atoms with Gasteiger partial charge in [0.2, 0.25) is 5.91 Å². The molecule has 8 heteroatoms. The SMILES string of the molecule is O=C(CC1CCCC1)Nc1nc2ccc(F)cn2c1-c1ccc(C(F)(F)F)cc1. The minimum atomic E-state index is -4.46. The third kappa shape index (κ3) is 4.11. The van der Waals surface area contributed by atoms with E-state index >= 15 is 0 Å². The second-order valence-corrected chi connectivity index (χ2v) is 7.36. The molecule has 1 aliphatic carbocycles. The minimum absolute atomic E-state index is 0.200. The number of hydrogen-bond donors (Lipinski definition) is 1. The molecular formula is C21H19F4N3O. The lowest BCUT2D eigenvalue weighted by Gasteiger charge is -2.11. The monoisotopic (exact) mass is 405 g/mol. The Kier molecular flexibility index (Phi) is 5.02. The fourth-order valence-electron chi connectivity index (χ4n) is 3.86. The summed E-state index contributed by atoms with van der Waals surface area (Å²) in [6.07, 6.45) is 1.36. The molecule has 3 aromatic rings. The normalized spacial score (nSPS) is 15.2. The Labute approximate surface area is 164 Å². The predicted molar refractivity (Wildman–Crippen MR) is 101 cm³/mol. The van der Waals surface area contributed by atoms with Gasteiger partial charge in [-0.3, -0.25) is 9.20 Å². The number of alkyl halides is 3. The Morgan fingerprint density at radius 2 is 1.79 bits per heavy atom. The summed E-state index contributed by atoms with van der Waals surface area (Å²) in [7, 11) is 0. The number of aromatic nitrogens is 2. The number of rotatable bonds is 4. The summed E-state index contributed by atoms with van der Waals surface area (Å²) in [6.45, 7) is 0. The van der Waals surface area contributed by atoms with Crippen molar-refractivity contribution in [3.8, 4) is 11.3 Å². The standard InChI is InChI=1S/C21H19F4N3O/c22-16-9-10-17-26-20(27-18(29)11-13-3-1-2-4-13)19(28(17)12-16)14-5-7-15(8-6-14)21(23,24)25/h5-10,12-13H,1-4,11H2,(H,27,29). The van der Waals surface area contributed by atoms with Crippen molar-refractivity contribution in [1.29, 1.82) is 0 Å². The molecule has 0 radical (unpaired) electrons. The van der Waals surface area contributed by atoms with Crippen LogP contribution >= 0.6 is 0 Å². The van der Waals surface area contributed by atoms with Gasteiger partial charge in [-0.05, 0) is 43.0 Å². The number of hydrogen-bond acceptors (Lipinski definition) is 2. The number of nitrogens with zero attached hydrogens (tertiary/aromatic N) is 2. The van der Waals surface area contributed by atoms with Crippen LogP contribution in [0.25, 0.3) is 16.9 Å². The van der Waals surface area contributed by atoms with Gasteiger partial charge in [0.1, 0.15) is 11.5 Å². The summed E-state index contributed by atoms with van der Waals surface area (Å²) in [5.41, 5.74) is 0.339. The van der Waals surface area contributed by atoms with Crippen LogP contribution in [0.15, 0.2) is 42.6 Å². The van der Waals surface area contributed by atoms with Crippen LogP contribution < -0.4 is 5.32 Å². The van der Waals surface area contributed by atoms with E-state index in [2.05, 4.69) is 10.3 Å². The Hall–Kier alpha value is -2.90. The van der Waals surface area contributed by atoms with E-state index in [0.717, 1.165) is 37.8 Å². The Balaban J connectivity index is 1.71. The minimum Gasteiger partial charge on any atom is -0.309 e. The fraction of sp³-hybridized carbons (Fsp3) is 0.333. The van der Waals surface area contributed by atoms with E-state index < -0.39 is 17.6 Å². The van der Waals surface area contributed by atoms with Crippen molar-refractivity contribution in [2.24, 2.45) is 5.92 Å². The molecule has 4 nitrogen and oxygen atoms in total. The number of carbonyl (C=O) groups is 1. The zero-order valence-electron chi connectivity index (χ0n) is 15.5. The summed E-state index contributed by atoms with van der Waals surface area (Å²) in [4.78, 5) is 16.9. The largest absolute Gasteiger partial charge is 0.416 e. The molecule has 1 saturated carbocycles. The third-order valence-corrected chi connectivity index (χ3v) is 5.27. The van der Waals surface area contributed by atoms with Gasteiger partial charge < -0.3 is 5.32 Å². The van der Waals surface area contributed by atoms with Crippen molar-refractivity contribution in [1.82, 2.24) is 9.38 Å². The van der Waals surface area contributed by atoms with Crippen molar-refractivity contribution >= 4 is 17.4 Å². The maximum atomic E-state index is 13.8. The second-order valence-electron chi connectivity index (χ2n) is 7.36. The van der Waals surface area contributed by atoms with E-state index in [-0.39, 0.29) is 11.7 Å². The van der Waals surface area contributed by atoms with E-state index in [1.165, 1.54) is 34.9 Å². The molecular weight excluding hydrogens is 386 g/mol. The number of fused-ring (bicyclic) bond motifs is 1. The maximum absolute atomic E-state index is 13.8. The molecule has 29 heavy (non-hydrogen) atoms. The van der Waals surface area contributed by atoms with Crippen LogP contribution in [-0.4, -0.2) is 15.3 Å². The first-order valence-corrected chi connectivity index (χ1v) is 9.46. The average Bonchev–Trinajstić information content (AvgIpc) is 3.28. The van der Waals surface area contributed by atoms with Gasteiger partial charge in [-0.1, -0.05) is 25.0 Å². The lowest BCUT2D eigenvalue weighted by molar-refractivity contribution is -0.137. The number of benzene rings is 1. The molecule has 1 aliphatic rings. The molecule has 1 fully saturated rings. The summed E-state index contributed by atoms with van der Waals surface area (Å²) in [5, 5.41) is 2.77. The van der Waals surface area contributed by atoms with Crippen LogP contribution in [-0.2, 0) is 11.0 Å². The Bertz CT molecular complexity index is 1030. The molecule has 1 aromatic carbocycles. The lowest BCUT2D eigenvalue weighted by Crippen LogP contribution is -2.16. The fourth-order valence-corrected chi connectivity index (χ4v) is 3.86. The number of amides is 1. The highest BCUT2D eigenvalue weighted by Gasteiger charge is 2.30. The van der Waals surface area contributed by atoms with Crippen molar-refractivity contribution in [3.63, 3.8) is 0 Å². The van der Waals surface area contributed by atoms with Gasteiger partial charge in [-0.2, -0.15) is 13.2 Å². The molecule has 1 amide bonds. The van der Waals surface area contributed by atoms with Crippen LogP contribution in [0.5, 0.6) is 0 Å². The lowest BCUT2D eigenvalue weighted by atomic mass is 10.0. The van der Waals surface area contributed by atoms with Crippen LogP contribution in [0.4, 0.5) is 23.4 Å². The maximum Gasteiger partial charge on any atom is 0.416 e. The van der Waals surface area contributed by atoms with Gasteiger partial charge in [0, 0.05) is 18.2 Å². The Morgan fingerprint density at radius 1 is 1.10 bits per heavy atom. The zero-order valence-corrected chi connectivity index (χ0v) is 15.5. The molecule has 0 atom stereocenters. The van der Waals surface area contributed by atoms with Crippen LogP contribution in [0.2, 0.25) is 0 Å². The Morgan fingerprint density at radius 3 is 2.45 bits per heavy atom. The van der Waals surface area contributed by atoms with Crippen molar-refractivity contribution in [2.45, 2.75) is 38.3 Å². The number of nitrogens with one attached hydrogen (secondary N) is 1. The summed E-state index contributed by atoms with van der Waals surface area (Å²) in [6, 6.07) is 7.20. The number of halogens is 4. The first-order chi connectivity index (χ1) is 13.8. The number of carbonyl (C=O) groups excluding carboxylic acids is 1. The van der Waals surface area contributed by atoms with Crippen molar-refractivity contribution in [2.75, 3.05) is 5.32 Å². The molecule has 2 heterocycles. The van der Waals surface area contributed by atoms with Crippen LogP contribution in [0.1, 0.15) is 37.7 Å². The molecule has 152 valence electrons. The third-order valence-electron chi connectivity index (χ3n) is 5.27. The number of pyridine rings is 1. The molecule has 0 aliphatic heterocycles. The number of imidazole rings is 1. The quantitative estimate of drug-likeness (QED) is 0.568. The van der Waals surface area contributed by atoms with E-state index in [4.69, 9.17) is 0 Å². The molecule has 0 saturated heterocycles. The van der Waals surface area contributed by atoms with Crippen LogP contribution in [0.3, 0.4) is 0 Å². The van der Waals surface area contributed by atoms with Gasteiger partial charge in [-0.25, -0.2) is 9.37 Å². The van der Waals surface area contributed by atoms with Crippen LogP contribution in [0, 0.1) is 11.7 Å². The molecule has 2 aromatic heterocycles. The second kappa shape index (κ2) is 7.50. The summed E-state index contributed by atoms with van der Waals surface area (Å²) < 4.78 is 53.9. The van der Waals surface area contributed by atoms with Gasteiger partial charge in [0.05, 0.1) is 11.3 Å². The van der Waals surface area contributed by atoms with Gasteiger partial charge in [0.15, 0.2) is 5.82 Å². The van der Waals surface area contributed by atoms with Gasteiger partial charge in [-0.15, -0.1) is 0 Å². The molecule has 0 unspecified atom stereocenters. The highest BCUT2D eigenvalue weighted by atomic mass is 19.4. The van der Waals surface area contributed by atoms with Crippen molar-refractivity contribution in [3.05, 3.63) is 54.0 Å². The molecule has 4 rings (SSSR count). The highest BCUT2D eigenvalue weighted by Crippen LogP contribution is 2.34. The van der Waals surface area contributed by atoms with Gasteiger partial charge >= 0.3 is 6.18 Å². The summed E-state index contributed by atoms with van der Waals surface area (Å²) >= 11 is 0. The molecule has 1 N–H and O–H groups in total. The summed E-state index contributed by atoms with van der Waals surface area (Å²) in [5.74, 6) is -0.182. The number of anilines is 1. The van der Waals surface area contributed by atoms with E-state index in [1.54, 1.807) is 0 Å². The van der Waals surface area contributed by atoms with Gasteiger partial charge in [0.25, 0.3) is 0 Å². The first-order valence-electron chi connectivity index (χ1n) is 9.46.